The second-order valence-corrected chi connectivity index (χ2v) is 8.77. The van der Waals surface area contributed by atoms with Gasteiger partial charge in [-0.2, -0.15) is 0 Å². The van der Waals surface area contributed by atoms with Crippen molar-refractivity contribution in [1.29, 1.82) is 0 Å². The standard InChI is InChI=1S/C27H19ClN2O2S/c28-22-11-8-19(9-12-22)27-30-25(17-33-27)21-6-3-7-23(14-21)29-26(31)16-32-24-13-10-18-4-1-2-5-20(18)15-24/h1-15,17H,16H2,(H,29,31). The van der Waals surface area contributed by atoms with Gasteiger partial charge < -0.3 is 10.1 Å². The molecule has 0 spiro atoms. The van der Waals surface area contributed by atoms with E-state index in [0.29, 0.717) is 16.5 Å². The number of nitrogens with one attached hydrogen (secondary N) is 1. The molecule has 4 nitrogen and oxygen atoms in total. The summed E-state index contributed by atoms with van der Waals surface area (Å²) < 4.78 is 5.69. The maximum Gasteiger partial charge on any atom is 0.262 e. The van der Waals surface area contributed by atoms with Crippen LogP contribution in [0.4, 0.5) is 5.69 Å². The molecule has 1 amide bonds. The first-order valence-corrected chi connectivity index (χ1v) is 11.6. The molecular weight excluding hydrogens is 452 g/mol. The van der Waals surface area contributed by atoms with Crippen LogP contribution in [0.25, 0.3) is 32.6 Å². The molecule has 162 valence electrons. The van der Waals surface area contributed by atoms with E-state index >= 15 is 0 Å². The number of anilines is 1. The van der Waals surface area contributed by atoms with Gasteiger partial charge in [-0.3, -0.25) is 4.79 Å². The average molecular weight is 471 g/mol. The Labute approximate surface area is 200 Å². The quantitative estimate of drug-likeness (QED) is 0.283. The number of ether oxygens (including phenoxy) is 1. The molecule has 6 heteroatoms. The first-order valence-electron chi connectivity index (χ1n) is 10.4. The van der Waals surface area contributed by atoms with Gasteiger partial charge in [0, 0.05) is 27.2 Å². The summed E-state index contributed by atoms with van der Waals surface area (Å²) in [4.78, 5) is 17.2. The van der Waals surface area contributed by atoms with Gasteiger partial charge in [-0.25, -0.2) is 4.98 Å². The third-order valence-electron chi connectivity index (χ3n) is 5.13. The number of rotatable bonds is 6. The first kappa shape index (κ1) is 21.2. The van der Waals surface area contributed by atoms with Crippen LogP contribution in [-0.2, 0) is 4.79 Å². The highest BCUT2D eigenvalue weighted by Gasteiger charge is 2.09. The van der Waals surface area contributed by atoms with Gasteiger partial charge in [0.25, 0.3) is 5.91 Å². The van der Waals surface area contributed by atoms with Crippen molar-refractivity contribution < 1.29 is 9.53 Å². The highest BCUT2D eigenvalue weighted by molar-refractivity contribution is 7.13. The molecule has 0 aliphatic heterocycles. The van der Waals surface area contributed by atoms with E-state index in [1.54, 1.807) is 11.3 Å². The van der Waals surface area contributed by atoms with Crippen LogP contribution in [0.1, 0.15) is 0 Å². The number of hydrogen-bond donors (Lipinski definition) is 1. The van der Waals surface area contributed by atoms with Gasteiger partial charge >= 0.3 is 0 Å². The van der Waals surface area contributed by atoms with Crippen molar-refractivity contribution in [3.05, 3.63) is 101 Å². The largest absolute Gasteiger partial charge is 0.484 e. The van der Waals surface area contributed by atoms with E-state index in [2.05, 4.69) is 5.32 Å². The Bertz CT molecular complexity index is 1430. The van der Waals surface area contributed by atoms with Gasteiger partial charge in [0.05, 0.1) is 5.69 Å². The van der Waals surface area contributed by atoms with Crippen LogP contribution < -0.4 is 10.1 Å². The molecule has 0 saturated carbocycles. The zero-order valence-corrected chi connectivity index (χ0v) is 19.1. The number of aromatic nitrogens is 1. The van der Waals surface area contributed by atoms with Crippen LogP contribution >= 0.6 is 22.9 Å². The fourth-order valence-corrected chi connectivity index (χ4v) is 4.45. The molecule has 0 atom stereocenters. The summed E-state index contributed by atoms with van der Waals surface area (Å²) in [6, 6.07) is 29.1. The Balaban J connectivity index is 1.24. The van der Waals surface area contributed by atoms with Crippen LogP contribution in [0.3, 0.4) is 0 Å². The Morgan fingerprint density at radius 2 is 1.70 bits per heavy atom. The fraction of sp³-hybridized carbons (Fsp3) is 0.0370. The topological polar surface area (TPSA) is 51.2 Å². The zero-order chi connectivity index (χ0) is 22.6. The second-order valence-electron chi connectivity index (χ2n) is 7.47. The lowest BCUT2D eigenvalue weighted by atomic mass is 10.1. The third-order valence-corrected chi connectivity index (χ3v) is 6.27. The number of carbonyl (C=O) groups is 1. The van der Waals surface area contributed by atoms with Crippen molar-refractivity contribution >= 4 is 45.3 Å². The van der Waals surface area contributed by atoms with Gasteiger partial charge in [0.1, 0.15) is 10.8 Å². The number of thiazole rings is 1. The van der Waals surface area contributed by atoms with Crippen LogP contribution in [0.15, 0.2) is 96.4 Å². The van der Waals surface area contributed by atoms with Crippen LogP contribution in [0.2, 0.25) is 5.02 Å². The maximum absolute atomic E-state index is 12.5. The minimum absolute atomic E-state index is 0.0695. The molecule has 1 N–H and O–H groups in total. The number of nitrogens with zero attached hydrogens (tertiary/aromatic N) is 1. The van der Waals surface area contributed by atoms with E-state index in [1.165, 1.54) is 0 Å². The molecule has 0 fully saturated rings. The van der Waals surface area contributed by atoms with Crippen LogP contribution in [-0.4, -0.2) is 17.5 Å². The summed E-state index contributed by atoms with van der Waals surface area (Å²) in [7, 11) is 0. The van der Waals surface area contributed by atoms with E-state index in [1.807, 2.05) is 96.4 Å². The molecular formula is C27H19ClN2O2S. The number of amides is 1. The monoisotopic (exact) mass is 470 g/mol. The second kappa shape index (κ2) is 9.45. The lowest BCUT2D eigenvalue weighted by Gasteiger charge is -2.09. The van der Waals surface area contributed by atoms with E-state index in [9.17, 15) is 4.79 Å². The lowest BCUT2D eigenvalue weighted by Crippen LogP contribution is -2.20. The lowest BCUT2D eigenvalue weighted by molar-refractivity contribution is -0.118. The summed E-state index contributed by atoms with van der Waals surface area (Å²) >= 11 is 7.55. The summed E-state index contributed by atoms with van der Waals surface area (Å²) in [5, 5.41) is 8.73. The van der Waals surface area contributed by atoms with Gasteiger partial charge in [-0.15, -0.1) is 11.3 Å². The molecule has 0 unspecified atom stereocenters. The van der Waals surface area contributed by atoms with Crippen molar-refractivity contribution in [2.45, 2.75) is 0 Å². The summed E-state index contributed by atoms with van der Waals surface area (Å²) in [6.07, 6.45) is 0. The number of benzene rings is 4. The Kier molecular flexibility index (Phi) is 6.07. The van der Waals surface area contributed by atoms with E-state index in [0.717, 1.165) is 32.6 Å². The molecule has 1 heterocycles. The number of hydrogen-bond acceptors (Lipinski definition) is 4. The third kappa shape index (κ3) is 5.06. The summed E-state index contributed by atoms with van der Waals surface area (Å²) in [5.74, 6) is 0.440. The zero-order valence-electron chi connectivity index (χ0n) is 17.5. The number of fused-ring (bicyclic) bond motifs is 1. The molecule has 0 aliphatic rings. The smallest absolute Gasteiger partial charge is 0.262 e. The predicted octanol–water partition coefficient (Wildman–Crippen LogP) is 7.30. The molecule has 5 aromatic rings. The Morgan fingerprint density at radius 3 is 2.55 bits per heavy atom. The molecule has 0 saturated heterocycles. The maximum atomic E-state index is 12.5. The minimum atomic E-state index is -0.222. The molecule has 1 aromatic heterocycles. The van der Waals surface area contributed by atoms with Gasteiger partial charge in [0.15, 0.2) is 6.61 Å². The van der Waals surface area contributed by atoms with E-state index in [-0.39, 0.29) is 12.5 Å². The van der Waals surface area contributed by atoms with Crippen molar-refractivity contribution in [2.75, 3.05) is 11.9 Å². The van der Waals surface area contributed by atoms with Crippen molar-refractivity contribution in [3.8, 4) is 27.6 Å². The molecule has 0 radical (unpaired) electrons. The van der Waals surface area contributed by atoms with Crippen LogP contribution in [0, 0.1) is 0 Å². The average Bonchev–Trinajstić information content (AvgIpc) is 3.34. The molecule has 4 aromatic carbocycles. The first-order chi connectivity index (χ1) is 16.1. The van der Waals surface area contributed by atoms with Crippen molar-refractivity contribution in [3.63, 3.8) is 0 Å². The SMILES string of the molecule is O=C(COc1ccc2ccccc2c1)Nc1cccc(-c2csc(-c3ccc(Cl)cc3)n2)c1. The number of halogens is 1. The van der Waals surface area contributed by atoms with Crippen molar-refractivity contribution in [1.82, 2.24) is 4.98 Å². The molecule has 33 heavy (non-hydrogen) atoms. The van der Waals surface area contributed by atoms with Crippen molar-refractivity contribution in [2.24, 2.45) is 0 Å². The summed E-state index contributed by atoms with van der Waals surface area (Å²) in [6.45, 7) is -0.0695. The number of carbonyl (C=O) groups excluding carboxylic acids is 1. The van der Waals surface area contributed by atoms with Gasteiger partial charge in [-0.1, -0.05) is 66.2 Å². The highest BCUT2D eigenvalue weighted by Crippen LogP contribution is 2.30. The van der Waals surface area contributed by atoms with Gasteiger partial charge in [0.2, 0.25) is 0 Å². The Morgan fingerprint density at radius 1 is 0.879 bits per heavy atom. The highest BCUT2D eigenvalue weighted by atomic mass is 35.5. The molecule has 0 aliphatic carbocycles. The fourth-order valence-electron chi connectivity index (χ4n) is 3.49. The van der Waals surface area contributed by atoms with Crippen LogP contribution in [0.5, 0.6) is 5.75 Å². The summed E-state index contributed by atoms with van der Waals surface area (Å²) in [5.41, 5.74) is 3.50. The van der Waals surface area contributed by atoms with E-state index < -0.39 is 0 Å². The molecule has 0 bridgehead atoms. The normalized spacial score (nSPS) is 10.8. The molecule has 5 rings (SSSR count). The Hall–Kier alpha value is -3.67. The minimum Gasteiger partial charge on any atom is -0.484 e. The van der Waals surface area contributed by atoms with Gasteiger partial charge in [-0.05, 0) is 47.2 Å². The van der Waals surface area contributed by atoms with E-state index in [4.69, 9.17) is 21.3 Å². The predicted molar refractivity (Wildman–Crippen MR) is 136 cm³/mol.